The normalized spacial score (nSPS) is 14.5. The van der Waals surface area contributed by atoms with E-state index in [-0.39, 0.29) is 30.9 Å². The fourth-order valence-corrected chi connectivity index (χ4v) is 2.77. The number of aliphatic carboxylic acids is 2. The summed E-state index contributed by atoms with van der Waals surface area (Å²) in [5.74, 6) is -6.40. The van der Waals surface area contributed by atoms with Gasteiger partial charge in [-0.2, -0.15) is 12.6 Å². The van der Waals surface area contributed by atoms with Crippen molar-refractivity contribution in [3.8, 4) is 0 Å². The van der Waals surface area contributed by atoms with Gasteiger partial charge < -0.3 is 37.6 Å². The molecule has 13 nitrogen and oxygen atoms in total. The third kappa shape index (κ3) is 11.5. The number of nitrogens with two attached hydrogens (primary N) is 2. The van der Waals surface area contributed by atoms with Gasteiger partial charge in [0, 0.05) is 12.2 Å². The van der Waals surface area contributed by atoms with Crippen molar-refractivity contribution in [3.05, 3.63) is 0 Å². The second-order valence-corrected chi connectivity index (χ2v) is 7.91. The highest BCUT2D eigenvalue weighted by Crippen LogP contribution is 2.07. The number of primary amides is 1. The number of amides is 4. The Labute approximate surface area is 190 Å². The van der Waals surface area contributed by atoms with Gasteiger partial charge >= 0.3 is 11.9 Å². The van der Waals surface area contributed by atoms with E-state index in [2.05, 4.69) is 28.6 Å². The number of carbonyl (C=O) groups is 6. The molecule has 0 saturated heterocycles. The molecule has 0 saturated carbocycles. The number of hydrogen-bond donors (Lipinski definition) is 8. The molecule has 0 aromatic carbocycles. The number of carboxylic acid groups (broad SMARTS) is 2. The monoisotopic (exact) mass is 477 g/mol. The highest BCUT2D eigenvalue weighted by molar-refractivity contribution is 7.80. The standard InChI is InChI=1S/C18H31N5O8S/c1-8(2)5-10(21-15(27)9(19)3-4-13(20)24)16(28)22-11(6-14(25)26)17(29)23-12(7-32)18(30)31/h8-12,32H,3-7,19H2,1-2H3,(H2,20,24)(H,21,27)(H,22,28)(H,23,29)(H,25,26)(H,30,31). The molecule has 9 N–H and O–H groups in total. The van der Waals surface area contributed by atoms with E-state index in [9.17, 15) is 28.8 Å². The van der Waals surface area contributed by atoms with Crippen molar-refractivity contribution in [3.63, 3.8) is 0 Å². The van der Waals surface area contributed by atoms with Crippen LogP contribution in [0, 0.1) is 5.92 Å². The van der Waals surface area contributed by atoms with Crippen LogP contribution in [0.2, 0.25) is 0 Å². The predicted molar refractivity (Wildman–Crippen MR) is 115 cm³/mol. The second kappa shape index (κ2) is 14.2. The first-order chi connectivity index (χ1) is 14.8. The van der Waals surface area contributed by atoms with Gasteiger partial charge in [-0.05, 0) is 18.8 Å². The maximum absolute atomic E-state index is 12.7. The highest BCUT2D eigenvalue weighted by atomic mass is 32.1. The van der Waals surface area contributed by atoms with E-state index in [0.29, 0.717) is 0 Å². The van der Waals surface area contributed by atoms with Gasteiger partial charge in [0.1, 0.15) is 18.1 Å². The van der Waals surface area contributed by atoms with E-state index < -0.39 is 66.2 Å². The lowest BCUT2D eigenvalue weighted by Gasteiger charge is -2.25. The number of rotatable bonds is 15. The Balaban J connectivity index is 5.41. The molecule has 0 aliphatic carbocycles. The van der Waals surface area contributed by atoms with Crippen molar-refractivity contribution < 1.29 is 39.0 Å². The van der Waals surface area contributed by atoms with Crippen LogP contribution in [0.15, 0.2) is 0 Å². The summed E-state index contributed by atoms with van der Waals surface area (Å²) in [6.45, 7) is 3.54. The lowest BCUT2D eigenvalue weighted by molar-refractivity contribution is -0.143. The van der Waals surface area contributed by atoms with Crippen molar-refractivity contribution in [1.82, 2.24) is 16.0 Å². The average Bonchev–Trinajstić information content (AvgIpc) is 2.67. The van der Waals surface area contributed by atoms with Crippen LogP contribution in [-0.4, -0.2) is 75.7 Å². The molecule has 4 unspecified atom stereocenters. The predicted octanol–water partition coefficient (Wildman–Crippen LogP) is -2.43. The summed E-state index contributed by atoms with van der Waals surface area (Å²) < 4.78 is 0. The quantitative estimate of drug-likeness (QED) is 0.117. The SMILES string of the molecule is CC(C)CC(NC(=O)C(N)CCC(N)=O)C(=O)NC(CC(=O)O)C(=O)NC(CS)C(=O)O. The van der Waals surface area contributed by atoms with Gasteiger partial charge in [0.2, 0.25) is 23.6 Å². The number of carboxylic acids is 2. The molecule has 0 heterocycles. The molecule has 0 rings (SSSR count). The fraction of sp³-hybridized carbons (Fsp3) is 0.667. The molecule has 14 heteroatoms. The van der Waals surface area contributed by atoms with Crippen molar-refractivity contribution in [2.75, 3.05) is 5.75 Å². The Kier molecular flexibility index (Phi) is 13.0. The zero-order valence-electron chi connectivity index (χ0n) is 17.9. The van der Waals surface area contributed by atoms with Crippen LogP contribution in [0.4, 0.5) is 0 Å². The number of carbonyl (C=O) groups excluding carboxylic acids is 4. The van der Waals surface area contributed by atoms with Crippen molar-refractivity contribution in [2.45, 2.75) is 63.7 Å². The Morgan fingerprint density at radius 2 is 1.38 bits per heavy atom. The molecule has 0 aromatic heterocycles. The maximum atomic E-state index is 12.7. The van der Waals surface area contributed by atoms with Gasteiger partial charge in [-0.15, -0.1) is 0 Å². The van der Waals surface area contributed by atoms with Crippen LogP contribution in [-0.2, 0) is 28.8 Å². The minimum Gasteiger partial charge on any atom is -0.481 e. The van der Waals surface area contributed by atoms with Crippen LogP contribution in [0.5, 0.6) is 0 Å². The van der Waals surface area contributed by atoms with Crippen LogP contribution >= 0.6 is 12.6 Å². The molecule has 182 valence electrons. The molecule has 0 aliphatic heterocycles. The minimum absolute atomic E-state index is 0.0401. The first-order valence-electron chi connectivity index (χ1n) is 9.78. The molecule has 0 spiro atoms. The highest BCUT2D eigenvalue weighted by Gasteiger charge is 2.31. The van der Waals surface area contributed by atoms with Gasteiger partial charge in [0.25, 0.3) is 0 Å². The molecule has 0 fully saturated rings. The zero-order valence-corrected chi connectivity index (χ0v) is 18.8. The van der Waals surface area contributed by atoms with Crippen molar-refractivity contribution in [2.24, 2.45) is 17.4 Å². The third-order valence-electron chi connectivity index (χ3n) is 4.19. The lowest BCUT2D eigenvalue weighted by atomic mass is 10.0. The van der Waals surface area contributed by atoms with E-state index >= 15 is 0 Å². The molecule has 4 atom stereocenters. The maximum Gasteiger partial charge on any atom is 0.327 e. The van der Waals surface area contributed by atoms with Gasteiger partial charge in [-0.3, -0.25) is 24.0 Å². The van der Waals surface area contributed by atoms with Gasteiger partial charge in [0.05, 0.1) is 12.5 Å². The van der Waals surface area contributed by atoms with E-state index in [4.69, 9.17) is 21.7 Å². The topological polar surface area (TPSA) is 231 Å². The molecule has 0 radical (unpaired) electrons. The fourth-order valence-electron chi connectivity index (χ4n) is 2.52. The van der Waals surface area contributed by atoms with E-state index in [1.165, 1.54) is 0 Å². The first kappa shape index (κ1) is 29.1. The number of nitrogens with one attached hydrogen (secondary N) is 3. The average molecular weight is 478 g/mol. The lowest BCUT2D eigenvalue weighted by Crippen LogP contribution is -2.58. The Hall–Kier alpha value is -2.87. The van der Waals surface area contributed by atoms with Gasteiger partial charge in [0.15, 0.2) is 0 Å². The van der Waals surface area contributed by atoms with Gasteiger partial charge in [-0.25, -0.2) is 4.79 Å². The van der Waals surface area contributed by atoms with Crippen LogP contribution < -0.4 is 27.4 Å². The zero-order chi connectivity index (χ0) is 25.0. The first-order valence-corrected chi connectivity index (χ1v) is 10.4. The number of hydrogen-bond acceptors (Lipinski definition) is 8. The summed E-state index contributed by atoms with van der Waals surface area (Å²) in [4.78, 5) is 70.5. The smallest absolute Gasteiger partial charge is 0.327 e. The Bertz CT molecular complexity index is 717. The Morgan fingerprint density at radius 1 is 0.875 bits per heavy atom. The van der Waals surface area contributed by atoms with Crippen molar-refractivity contribution in [1.29, 1.82) is 0 Å². The third-order valence-corrected chi connectivity index (χ3v) is 4.55. The van der Waals surface area contributed by atoms with Gasteiger partial charge in [-0.1, -0.05) is 13.8 Å². The molecule has 32 heavy (non-hydrogen) atoms. The molecular weight excluding hydrogens is 446 g/mol. The summed E-state index contributed by atoms with van der Waals surface area (Å²) in [6, 6.07) is -5.27. The molecule has 0 bridgehead atoms. The summed E-state index contributed by atoms with van der Waals surface area (Å²) >= 11 is 3.81. The van der Waals surface area contributed by atoms with Crippen LogP contribution in [0.25, 0.3) is 0 Å². The summed E-state index contributed by atoms with van der Waals surface area (Å²) in [5.41, 5.74) is 10.7. The minimum atomic E-state index is -1.60. The summed E-state index contributed by atoms with van der Waals surface area (Å²) in [5, 5.41) is 24.9. The molecule has 4 amide bonds. The van der Waals surface area contributed by atoms with E-state index in [0.717, 1.165) is 0 Å². The molecule has 0 aliphatic rings. The largest absolute Gasteiger partial charge is 0.481 e. The molecule has 0 aromatic rings. The Morgan fingerprint density at radius 3 is 1.81 bits per heavy atom. The van der Waals surface area contributed by atoms with Crippen molar-refractivity contribution >= 4 is 48.2 Å². The second-order valence-electron chi connectivity index (χ2n) is 7.54. The summed E-state index contributed by atoms with van der Waals surface area (Å²) in [7, 11) is 0. The van der Waals surface area contributed by atoms with E-state index in [1.807, 2.05) is 0 Å². The van der Waals surface area contributed by atoms with Crippen LogP contribution in [0.1, 0.15) is 39.5 Å². The van der Waals surface area contributed by atoms with Crippen LogP contribution in [0.3, 0.4) is 0 Å². The van der Waals surface area contributed by atoms with E-state index in [1.54, 1.807) is 13.8 Å². The molecular formula is C18H31N5O8S. The number of thiol groups is 1. The summed E-state index contributed by atoms with van der Waals surface area (Å²) in [6.07, 6.45) is -0.860.